The maximum absolute atomic E-state index is 13.3. The van der Waals surface area contributed by atoms with Crippen molar-refractivity contribution in [1.82, 2.24) is 0 Å². The summed E-state index contributed by atoms with van der Waals surface area (Å²) in [4.78, 5) is 0. The zero-order valence-electron chi connectivity index (χ0n) is 11.7. The van der Waals surface area contributed by atoms with Crippen LogP contribution in [0.4, 0.5) is 8.78 Å². The SMILES string of the molecule is NCCC1(CCc2cc(F)c(F)cc2Cl)CCCCC1. The summed E-state index contributed by atoms with van der Waals surface area (Å²) in [7, 11) is 0. The number of halogens is 3. The van der Waals surface area contributed by atoms with Crippen molar-refractivity contribution in [2.45, 2.75) is 51.4 Å². The Labute approximate surface area is 124 Å². The average molecular weight is 302 g/mol. The van der Waals surface area contributed by atoms with Crippen molar-refractivity contribution in [3.05, 3.63) is 34.4 Å². The van der Waals surface area contributed by atoms with Gasteiger partial charge >= 0.3 is 0 Å². The van der Waals surface area contributed by atoms with Crippen LogP contribution in [-0.4, -0.2) is 6.54 Å². The summed E-state index contributed by atoms with van der Waals surface area (Å²) in [6.07, 6.45) is 8.80. The maximum atomic E-state index is 13.3. The lowest BCUT2D eigenvalue weighted by molar-refractivity contribution is 0.161. The minimum Gasteiger partial charge on any atom is -0.330 e. The van der Waals surface area contributed by atoms with Gasteiger partial charge in [0, 0.05) is 5.02 Å². The summed E-state index contributed by atoms with van der Waals surface area (Å²) in [6, 6.07) is 2.30. The molecule has 0 atom stereocenters. The first kappa shape index (κ1) is 15.7. The van der Waals surface area contributed by atoms with Crippen LogP contribution in [0.15, 0.2) is 12.1 Å². The van der Waals surface area contributed by atoms with Crippen LogP contribution in [0.2, 0.25) is 5.02 Å². The molecule has 0 unspecified atom stereocenters. The van der Waals surface area contributed by atoms with E-state index in [-0.39, 0.29) is 5.41 Å². The first-order valence-electron chi connectivity index (χ1n) is 7.40. The van der Waals surface area contributed by atoms with Gasteiger partial charge in [0.25, 0.3) is 0 Å². The molecule has 1 aliphatic carbocycles. The molecule has 1 aromatic carbocycles. The Hall–Kier alpha value is -0.670. The monoisotopic (exact) mass is 301 g/mol. The van der Waals surface area contributed by atoms with Gasteiger partial charge in [-0.05, 0) is 61.8 Å². The molecular weight excluding hydrogens is 280 g/mol. The molecule has 0 spiro atoms. The first-order chi connectivity index (χ1) is 9.56. The van der Waals surface area contributed by atoms with E-state index in [2.05, 4.69) is 0 Å². The first-order valence-corrected chi connectivity index (χ1v) is 7.78. The van der Waals surface area contributed by atoms with Gasteiger partial charge < -0.3 is 5.73 Å². The quantitative estimate of drug-likeness (QED) is 0.773. The van der Waals surface area contributed by atoms with Gasteiger partial charge in [-0.1, -0.05) is 30.9 Å². The van der Waals surface area contributed by atoms with Gasteiger partial charge in [-0.2, -0.15) is 0 Å². The topological polar surface area (TPSA) is 26.0 Å². The molecule has 1 aromatic rings. The molecule has 112 valence electrons. The standard InChI is InChI=1S/C16H22ClF2N/c17-13-11-15(19)14(18)10-12(13)4-7-16(8-9-20)5-2-1-3-6-16/h10-11H,1-9,20H2. The highest BCUT2D eigenvalue weighted by Gasteiger charge is 2.31. The second-order valence-electron chi connectivity index (χ2n) is 5.96. The van der Waals surface area contributed by atoms with E-state index in [0.717, 1.165) is 18.9 Å². The van der Waals surface area contributed by atoms with Crippen molar-refractivity contribution in [2.75, 3.05) is 6.54 Å². The fourth-order valence-corrected chi connectivity index (χ4v) is 3.63. The zero-order valence-corrected chi connectivity index (χ0v) is 12.5. The molecule has 1 fully saturated rings. The van der Waals surface area contributed by atoms with Crippen molar-refractivity contribution in [2.24, 2.45) is 11.1 Å². The molecule has 4 heteroatoms. The van der Waals surface area contributed by atoms with Crippen LogP contribution in [0.3, 0.4) is 0 Å². The summed E-state index contributed by atoms with van der Waals surface area (Å²) < 4.78 is 26.4. The molecule has 0 radical (unpaired) electrons. The lowest BCUT2D eigenvalue weighted by Crippen LogP contribution is -2.28. The van der Waals surface area contributed by atoms with Crippen LogP contribution in [0.25, 0.3) is 0 Å². The molecule has 0 bridgehead atoms. The largest absolute Gasteiger partial charge is 0.330 e. The molecule has 0 aromatic heterocycles. The highest BCUT2D eigenvalue weighted by Crippen LogP contribution is 2.43. The lowest BCUT2D eigenvalue weighted by Gasteiger charge is -2.37. The smallest absolute Gasteiger partial charge is 0.160 e. The highest BCUT2D eigenvalue weighted by atomic mass is 35.5. The van der Waals surface area contributed by atoms with Crippen LogP contribution in [0.5, 0.6) is 0 Å². The molecule has 0 saturated heterocycles. The molecule has 2 rings (SSSR count). The van der Waals surface area contributed by atoms with Crippen molar-refractivity contribution in [3.8, 4) is 0 Å². The van der Waals surface area contributed by atoms with E-state index in [1.165, 1.54) is 38.2 Å². The van der Waals surface area contributed by atoms with Crippen molar-refractivity contribution < 1.29 is 8.78 Å². The van der Waals surface area contributed by atoms with E-state index in [1.807, 2.05) is 0 Å². The molecule has 0 heterocycles. The number of rotatable bonds is 5. The zero-order chi connectivity index (χ0) is 14.6. The fraction of sp³-hybridized carbons (Fsp3) is 0.625. The summed E-state index contributed by atoms with van der Waals surface area (Å²) in [6.45, 7) is 0.686. The molecule has 20 heavy (non-hydrogen) atoms. The summed E-state index contributed by atoms with van der Waals surface area (Å²) in [5.41, 5.74) is 6.72. The van der Waals surface area contributed by atoms with Gasteiger partial charge in [0.15, 0.2) is 11.6 Å². The Kier molecular flexibility index (Phi) is 5.39. The Morgan fingerprint density at radius 2 is 1.70 bits per heavy atom. The Morgan fingerprint density at radius 3 is 2.35 bits per heavy atom. The van der Waals surface area contributed by atoms with E-state index >= 15 is 0 Å². The van der Waals surface area contributed by atoms with E-state index in [0.29, 0.717) is 23.6 Å². The van der Waals surface area contributed by atoms with Crippen LogP contribution in [0.1, 0.15) is 50.5 Å². The van der Waals surface area contributed by atoms with E-state index in [4.69, 9.17) is 17.3 Å². The number of hydrogen-bond donors (Lipinski definition) is 1. The molecule has 1 aliphatic rings. The lowest BCUT2D eigenvalue weighted by atomic mass is 9.68. The highest BCUT2D eigenvalue weighted by molar-refractivity contribution is 6.31. The van der Waals surface area contributed by atoms with Crippen molar-refractivity contribution in [1.29, 1.82) is 0 Å². The minimum absolute atomic E-state index is 0.265. The Bertz CT molecular complexity index is 451. The van der Waals surface area contributed by atoms with Gasteiger partial charge in [-0.15, -0.1) is 0 Å². The number of benzene rings is 1. The predicted molar refractivity (Wildman–Crippen MR) is 78.9 cm³/mol. The molecule has 1 nitrogen and oxygen atoms in total. The van der Waals surface area contributed by atoms with Crippen LogP contribution < -0.4 is 5.73 Å². The predicted octanol–water partition coefficient (Wildman–Crippen LogP) is 4.85. The normalized spacial score (nSPS) is 18.2. The van der Waals surface area contributed by atoms with Crippen molar-refractivity contribution in [3.63, 3.8) is 0 Å². The van der Waals surface area contributed by atoms with Crippen LogP contribution in [-0.2, 0) is 6.42 Å². The van der Waals surface area contributed by atoms with E-state index < -0.39 is 11.6 Å². The maximum Gasteiger partial charge on any atom is 0.160 e. The molecule has 0 aliphatic heterocycles. The molecule has 0 amide bonds. The van der Waals surface area contributed by atoms with Gasteiger partial charge in [0.2, 0.25) is 0 Å². The van der Waals surface area contributed by atoms with E-state index in [9.17, 15) is 8.78 Å². The molecular formula is C16H22ClF2N. The number of nitrogens with two attached hydrogens (primary N) is 1. The van der Waals surface area contributed by atoms with Crippen LogP contribution >= 0.6 is 11.6 Å². The number of hydrogen-bond acceptors (Lipinski definition) is 1. The van der Waals surface area contributed by atoms with Crippen molar-refractivity contribution >= 4 is 11.6 Å². The van der Waals surface area contributed by atoms with Crippen LogP contribution in [0, 0.1) is 17.0 Å². The van der Waals surface area contributed by atoms with Gasteiger partial charge in [-0.25, -0.2) is 8.78 Å². The van der Waals surface area contributed by atoms with Gasteiger partial charge in [-0.3, -0.25) is 0 Å². The second-order valence-corrected chi connectivity index (χ2v) is 6.36. The minimum atomic E-state index is -0.881. The van der Waals surface area contributed by atoms with E-state index in [1.54, 1.807) is 0 Å². The molecule has 2 N–H and O–H groups in total. The summed E-state index contributed by atoms with van der Waals surface area (Å²) in [5, 5.41) is 0.322. The average Bonchev–Trinajstić information content (AvgIpc) is 2.43. The fourth-order valence-electron chi connectivity index (χ4n) is 3.39. The third-order valence-electron chi connectivity index (χ3n) is 4.60. The third-order valence-corrected chi connectivity index (χ3v) is 4.95. The van der Waals surface area contributed by atoms with Gasteiger partial charge in [0.1, 0.15) is 0 Å². The molecule has 1 saturated carbocycles. The Morgan fingerprint density at radius 1 is 1.05 bits per heavy atom. The second kappa shape index (κ2) is 6.86. The van der Waals surface area contributed by atoms with Gasteiger partial charge in [0.05, 0.1) is 0 Å². The number of aryl methyl sites for hydroxylation is 1. The Balaban J connectivity index is 2.07. The summed E-state index contributed by atoms with van der Waals surface area (Å²) >= 11 is 6.01. The third kappa shape index (κ3) is 3.70. The summed E-state index contributed by atoms with van der Waals surface area (Å²) in [5.74, 6) is -1.70.